The summed E-state index contributed by atoms with van der Waals surface area (Å²) in [5, 5.41) is 11.2. The van der Waals surface area contributed by atoms with Crippen molar-refractivity contribution >= 4 is 28.9 Å². The van der Waals surface area contributed by atoms with E-state index in [1.54, 1.807) is 18.2 Å². The van der Waals surface area contributed by atoms with Gasteiger partial charge in [0.15, 0.2) is 0 Å². The zero-order valence-corrected chi connectivity index (χ0v) is 14.4. The second kappa shape index (κ2) is 7.21. The molecule has 4 rings (SSSR count). The van der Waals surface area contributed by atoms with E-state index in [0.29, 0.717) is 18.1 Å². The molecular weight excluding hydrogens is 340 g/mol. The molecule has 0 unspecified atom stereocenters. The van der Waals surface area contributed by atoms with Crippen molar-refractivity contribution in [1.82, 2.24) is 9.55 Å². The highest BCUT2D eigenvalue weighted by Gasteiger charge is 2.12. The van der Waals surface area contributed by atoms with Gasteiger partial charge < -0.3 is 4.57 Å². The maximum atomic E-state index is 11.2. The molecule has 132 valence electrons. The third-order valence-electron chi connectivity index (χ3n) is 4.27. The van der Waals surface area contributed by atoms with Crippen molar-refractivity contribution in [1.29, 1.82) is 0 Å². The highest BCUT2D eigenvalue weighted by molar-refractivity contribution is 5.87. The van der Waals surface area contributed by atoms with E-state index >= 15 is 0 Å². The lowest BCUT2D eigenvalue weighted by atomic mass is 10.2. The Morgan fingerprint density at radius 2 is 1.67 bits per heavy atom. The number of nitrogens with zero attached hydrogens (tertiary/aromatic N) is 4. The van der Waals surface area contributed by atoms with Gasteiger partial charge in [0.2, 0.25) is 5.95 Å². The van der Waals surface area contributed by atoms with E-state index in [9.17, 15) is 10.1 Å². The predicted molar refractivity (Wildman–Crippen MR) is 106 cm³/mol. The highest BCUT2D eigenvalue weighted by atomic mass is 16.6. The van der Waals surface area contributed by atoms with E-state index in [-0.39, 0.29) is 5.69 Å². The topological polar surface area (TPSA) is 73.3 Å². The van der Waals surface area contributed by atoms with Crippen molar-refractivity contribution in [2.24, 2.45) is 4.99 Å². The van der Waals surface area contributed by atoms with E-state index < -0.39 is 4.92 Å². The Labute approximate surface area is 155 Å². The largest absolute Gasteiger partial charge is 0.304 e. The molecule has 0 aliphatic rings. The van der Waals surface area contributed by atoms with Gasteiger partial charge in [0, 0.05) is 12.3 Å². The van der Waals surface area contributed by atoms with Crippen LogP contribution in [-0.2, 0) is 6.54 Å². The summed E-state index contributed by atoms with van der Waals surface area (Å²) in [5.74, 6) is 0.512. The van der Waals surface area contributed by atoms with Gasteiger partial charge in [0.1, 0.15) is 0 Å². The summed E-state index contributed by atoms with van der Waals surface area (Å²) in [6, 6.07) is 24.4. The van der Waals surface area contributed by atoms with Gasteiger partial charge in [0.05, 0.1) is 28.1 Å². The van der Waals surface area contributed by atoms with Gasteiger partial charge in [-0.25, -0.2) is 9.98 Å². The van der Waals surface area contributed by atoms with Gasteiger partial charge in [0.25, 0.3) is 5.69 Å². The first-order valence-electron chi connectivity index (χ1n) is 8.49. The molecule has 27 heavy (non-hydrogen) atoms. The smallest absolute Gasteiger partial charge is 0.278 e. The first kappa shape index (κ1) is 16.7. The van der Waals surface area contributed by atoms with Crippen LogP contribution in [0.15, 0.2) is 83.9 Å². The van der Waals surface area contributed by atoms with Crippen LogP contribution >= 0.6 is 0 Å². The standard InChI is InChI=1S/C21H16N4O2/c26-25(27)19-12-6-4-10-17(19)14-22-21-23-18-11-5-7-13-20(18)24(21)15-16-8-2-1-3-9-16/h1-14H,15H2. The number of nitro groups is 1. The molecule has 1 heterocycles. The fraction of sp³-hybridized carbons (Fsp3) is 0.0476. The molecule has 0 amide bonds. The molecule has 4 aromatic rings. The van der Waals surface area contributed by atoms with Crippen LogP contribution in [0, 0.1) is 10.1 Å². The lowest BCUT2D eigenvalue weighted by Gasteiger charge is -2.06. The summed E-state index contributed by atoms with van der Waals surface area (Å²) in [7, 11) is 0. The Morgan fingerprint density at radius 3 is 2.48 bits per heavy atom. The van der Waals surface area contributed by atoms with Gasteiger partial charge in [-0.2, -0.15) is 0 Å². The van der Waals surface area contributed by atoms with Crippen molar-refractivity contribution < 1.29 is 4.92 Å². The maximum Gasteiger partial charge on any atom is 0.278 e. The van der Waals surface area contributed by atoms with Crippen molar-refractivity contribution in [2.75, 3.05) is 0 Å². The minimum absolute atomic E-state index is 0.0203. The number of benzene rings is 3. The molecule has 0 fully saturated rings. The van der Waals surface area contributed by atoms with Gasteiger partial charge >= 0.3 is 0 Å². The van der Waals surface area contributed by atoms with Crippen LogP contribution in [0.4, 0.5) is 11.6 Å². The normalized spacial score (nSPS) is 11.3. The van der Waals surface area contributed by atoms with E-state index in [2.05, 4.69) is 9.98 Å². The van der Waals surface area contributed by atoms with Crippen LogP contribution in [-0.4, -0.2) is 20.7 Å². The quantitative estimate of drug-likeness (QED) is 0.294. The SMILES string of the molecule is O=[N+]([O-])c1ccccc1C=Nc1nc2ccccc2n1Cc1ccccc1. The fourth-order valence-corrected chi connectivity index (χ4v) is 2.97. The van der Waals surface area contributed by atoms with Crippen molar-refractivity contribution in [2.45, 2.75) is 6.54 Å². The van der Waals surface area contributed by atoms with Crippen molar-refractivity contribution in [3.05, 3.63) is 100 Å². The van der Waals surface area contributed by atoms with E-state index in [1.807, 2.05) is 59.2 Å². The maximum absolute atomic E-state index is 11.2. The highest BCUT2D eigenvalue weighted by Crippen LogP contribution is 2.24. The molecule has 0 radical (unpaired) electrons. The van der Waals surface area contributed by atoms with E-state index in [0.717, 1.165) is 16.6 Å². The Kier molecular flexibility index (Phi) is 4.45. The lowest BCUT2D eigenvalue weighted by molar-refractivity contribution is -0.385. The second-order valence-corrected chi connectivity index (χ2v) is 6.05. The van der Waals surface area contributed by atoms with Gasteiger partial charge in [-0.05, 0) is 23.8 Å². The summed E-state index contributed by atoms with van der Waals surface area (Å²) >= 11 is 0. The zero-order chi connectivity index (χ0) is 18.6. The van der Waals surface area contributed by atoms with Crippen LogP contribution in [0.3, 0.4) is 0 Å². The Bertz CT molecular complexity index is 1130. The average Bonchev–Trinajstić information content (AvgIpc) is 3.05. The summed E-state index contributed by atoms with van der Waals surface area (Å²) < 4.78 is 2.01. The number of hydrogen-bond donors (Lipinski definition) is 0. The number of imidazole rings is 1. The van der Waals surface area contributed by atoms with Gasteiger partial charge in [-0.3, -0.25) is 10.1 Å². The molecule has 0 aliphatic carbocycles. The van der Waals surface area contributed by atoms with E-state index in [1.165, 1.54) is 12.3 Å². The van der Waals surface area contributed by atoms with Crippen LogP contribution in [0.5, 0.6) is 0 Å². The Morgan fingerprint density at radius 1 is 0.963 bits per heavy atom. The Hall–Kier alpha value is -3.80. The summed E-state index contributed by atoms with van der Waals surface area (Å²) in [5.41, 5.74) is 3.40. The molecule has 6 heteroatoms. The predicted octanol–water partition coefficient (Wildman–Crippen LogP) is 4.74. The number of hydrogen-bond acceptors (Lipinski definition) is 4. The molecule has 0 spiro atoms. The van der Waals surface area contributed by atoms with E-state index in [4.69, 9.17) is 0 Å². The fourth-order valence-electron chi connectivity index (χ4n) is 2.97. The molecule has 3 aromatic carbocycles. The Balaban J connectivity index is 1.78. The molecular formula is C21H16N4O2. The third-order valence-corrected chi connectivity index (χ3v) is 4.27. The minimum Gasteiger partial charge on any atom is -0.304 e. The summed E-state index contributed by atoms with van der Waals surface area (Å²) in [6.45, 7) is 0.616. The van der Waals surface area contributed by atoms with Crippen LogP contribution in [0.25, 0.3) is 11.0 Å². The van der Waals surface area contributed by atoms with Crippen LogP contribution in [0.2, 0.25) is 0 Å². The second-order valence-electron chi connectivity index (χ2n) is 6.05. The minimum atomic E-state index is -0.408. The zero-order valence-electron chi connectivity index (χ0n) is 14.4. The molecule has 1 aromatic heterocycles. The number of aromatic nitrogens is 2. The molecule has 6 nitrogen and oxygen atoms in total. The van der Waals surface area contributed by atoms with Crippen molar-refractivity contribution in [3.63, 3.8) is 0 Å². The number of para-hydroxylation sites is 3. The average molecular weight is 356 g/mol. The number of nitro benzene ring substituents is 1. The van der Waals surface area contributed by atoms with Gasteiger partial charge in [-0.1, -0.05) is 54.6 Å². The van der Waals surface area contributed by atoms with Crippen LogP contribution < -0.4 is 0 Å². The first-order valence-corrected chi connectivity index (χ1v) is 8.49. The molecule has 0 atom stereocenters. The summed E-state index contributed by atoms with van der Waals surface area (Å²) in [6.07, 6.45) is 1.50. The molecule has 0 bridgehead atoms. The first-order chi connectivity index (χ1) is 13.2. The molecule has 0 N–H and O–H groups in total. The van der Waals surface area contributed by atoms with Crippen LogP contribution in [0.1, 0.15) is 11.1 Å². The van der Waals surface area contributed by atoms with Crippen molar-refractivity contribution in [3.8, 4) is 0 Å². The summed E-state index contributed by atoms with van der Waals surface area (Å²) in [4.78, 5) is 19.9. The van der Waals surface area contributed by atoms with Gasteiger partial charge in [-0.15, -0.1) is 0 Å². The number of fused-ring (bicyclic) bond motifs is 1. The monoisotopic (exact) mass is 356 g/mol. The third kappa shape index (κ3) is 3.46. The molecule has 0 aliphatic heterocycles. The molecule has 0 saturated carbocycles. The number of aliphatic imine (C=N–C) groups is 1. The number of rotatable bonds is 5. The molecule has 0 saturated heterocycles. The lowest BCUT2D eigenvalue weighted by Crippen LogP contribution is -1.99.